The molecular formula is C21H18F2N2O4. The molecule has 0 spiro atoms. The molecule has 150 valence electrons. The van der Waals surface area contributed by atoms with Gasteiger partial charge in [0, 0.05) is 41.7 Å². The Morgan fingerprint density at radius 2 is 1.97 bits per heavy atom. The molecule has 0 saturated heterocycles. The zero-order valence-corrected chi connectivity index (χ0v) is 15.4. The van der Waals surface area contributed by atoms with Crippen molar-refractivity contribution in [3.63, 3.8) is 0 Å². The number of non-ortho nitro benzene ring substituents is 1. The summed E-state index contributed by atoms with van der Waals surface area (Å²) in [6.07, 6.45) is 1.94. The normalized spacial score (nSPS) is 16.0. The predicted molar refractivity (Wildman–Crippen MR) is 102 cm³/mol. The predicted octanol–water partition coefficient (Wildman–Crippen LogP) is 4.77. The van der Waals surface area contributed by atoms with Gasteiger partial charge in [0.05, 0.1) is 16.9 Å². The number of hydrogen-bond acceptors (Lipinski definition) is 3. The molecule has 2 aromatic carbocycles. The van der Waals surface area contributed by atoms with E-state index in [0.29, 0.717) is 23.8 Å². The van der Waals surface area contributed by atoms with E-state index in [9.17, 15) is 28.8 Å². The van der Waals surface area contributed by atoms with E-state index in [4.69, 9.17) is 0 Å². The third-order valence-corrected chi connectivity index (χ3v) is 5.50. The molecule has 0 aliphatic heterocycles. The van der Waals surface area contributed by atoms with Crippen LogP contribution in [-0.2, 0) is 17.8 Å². The highest BCUT2D eigenvalue weighted by atomic mass is 19.1. The van der Waals surface area contributed by atoms with Crippen molar-refractivity contribution < 1.29 is 23.6 Å². The molecule has 0 fully saturated rings. The fourth-order valence-electron chi connectivity index (χ4n) is 4.36. The summed E-state index contributed by atoms with van der Waals surface area (Å²) in [7, 11) is 0. The average molecular weight is 400 g/mol. The topological polar surface area (TPSA) is 85.4 Å². The molecule has 0 radical (unpaired) electrons. The number of halogens is 2. The standard InChI is InChI=1S/C21H18F2N2O4/c22-14-9-17-16-3-1-2-13(8-19(26)27)20(16)24(21(17)18(23)10-14)11-12-4-6-15(7-5-12)25(28)29/h4-7,9-10,13H,1-3,8,11H2,(H,26,27). The lowest BCUT2D eigenvalue weighted by atomic mass is 9.84. The summed E-state index contributed by atoms with van der Waals surface area (Å²) < 4.78 is 30.4. The minimum Gasteiger partial charge on any atom is -0.481 e. The minimum absolute atomic E-state index is 0.0508. The largest absolute Gasteiger partial charge is 0.481 e. The number of aromatic nitrogens is 1. The maximum Gasteiger partial charge on any atom is 0.304 e. The van der Waals surface area contributed by atoms with Crippen molar-refractivity contribution in [1.82, 2.24) is 4.57 Å². The molecule has 0 saturated carbocycles. The van der Waals surface area contributed by atoms with E-state index >= 15 is 0 Å². The van der Waals surface area contributed by atoms with Gasteiger partial charge in [-0.05, 0) is 36.5 Å². The van der Waals surface area contributed by atoms with Gasteiger partial charge >= 0.3 is 5.97 Å². The summed E-state index contributed by atoms with van der Waals surface area (Å²) >= 11 is 0. The highest BCUT2D eigenvalue weighted by Crippen LogP contribution is 2.41. The molecule has 8 heteroatoms. The first kappa shape index (κ1) is 19.0. The van der Waals surface area contributed by atoms with Crippen molar-refractivity contribution in [3.8, 4) is 0 Å². The maximum atomic E-state index is 14.8. The number of carboxylic acids is 1. The lowest BCUT2D eigenvalue weighted by Crippen LogP contribution is -2.17. The summed E-state index contributed by atoms with van der Waals surface area (Å²) in [4.78, 5) is 21.8. The summed E-state index contributed by atoms with van der Waals surface area (Å²) in [6.45, 7) is 0.211. The Bertz CT molecular complexity index is 1120. The van der Waals surface area contributed by atoms with Crippen LogP contribution in [0.3, 0.4) is 0 Å². The highest BCUT2D eigenvalue weighted by molar-refractivity contribution is 5.87. The number of carboxylic acid groups (broad SMARTS) is 1. The molecule has 1 aromatic heterocycles. The lowest BCUT2D eigenvalue weighted by molar-refractivity contribution is -0.384. The fraction of sp³-hybridized carbons (Fsp3) is 0.286. The second kappa shape index (κ2) is 7.27. The third-order valence-electron chi connectivity index (χ3n) is 5.50. The first-order chi connectivity index (χ1) is 13.8. The number of aliphatic carboxylic acids is 1. The quantitative estimate of drug-likeness (QED) is 0.494. The maximum absolute atomic E-state index is 14.8. The molecule has 0 amide bonds. The first-order valence-corrected chi connectivity index (χ1v) is 9.30. The number of benzene rings is 2. The Balaban J connectivity index is 1.89. The Labute approximate surface area is 164 Å². The van der Waals surface area contributed by atoms with Crippen LogP contribution in [0.4, 0.5) is 14.5 Å². The number of hydrogen-bond donors (Lipinski definition) is 1. The zero-order valence-electron chi connectivity index (χ0n) is 15.4. The Hall–Kier alpha value is -3.29. The number of carbonyl (C=O) groups is 1. The summed E-state index contributed by atoms with van der Waals surface area (Å²) in [6, 6.07) is 8.05. The smallest absolute Gasteiger partial charge is 0.304 e. The monoisotopic (exact) mass is 400 g/mol. The first-order valence-electron chi connectivity index (χ1n) is 9.30. The van der Waals surface area contributed by atoms with Crippen LogP contribution < -0.4 is 0 Å². The minimum atomic E-state index is -0.943. The van der Waals surface area contributed by atoms with Crippen molar-refractivity contribution in [3.05, 3.63) is 75.0 Å². The van der Waals surface area contributed by atoms with Crippen LogP contribution in [0.2, 0.25) is 0 Å². The van der Waals surface area contributed by atoms with Gasteiger partial charge in [0.15, 0.2) is 0 Å². The number of nitro groups is 1. The van der Waals surface area contributed by atoms with Gasteiger partial charge in [0.2, 0.25) is 0 Å². The van der Waals surface area contributed by atoms with Crippen LogP contribution in [-0.4, -0.2) is 20.6 Å². The highest BCUT2D eigenvalue weighted by Gasteiger charge is 2.30. The van der Waals surface area contributed by atoms with Crippen LogP contribution in [0.5, 0.6) is 0 Å². The molecule has 1 unspecified atom stereocenters. The van der Waals surface area contributed by atoms with Gasteiger partial charge in [-0.1, -0.05) is 12.1 Å². The number of nitrogens with zero attached hydrogens (tertiary/aromatic N) is 2. The van der Waals surface area contributed by atoms with E-state index in [1.54, 1.807) is 16.7 Å². The van der Waals surface area contributed by atoms with E-state index in [0.717, 1.165) is 23.7 Å². The number of aryl methyl sites for hydroxylation is 1. The molecule has 6 nitrogen and oxygen atoms in total. The Morgan fingerprint density at radius 3 is 2.62 bits per heavy atom. The van der Waals surface area contributed by atoms with Gasteiger partial charge in [0.1, 0.15) is 11.6 Å². The molecule has 0 bridgehead atoms. The zero-order chi connectivity index (χ0) is 20.7. The lowest BCUT2D eigenvalue weighted by Gasteiger charge is -2.24. The van der Waals surface area contributed by atoms with Gasteiger partial charge in [0.25, 0.3) is 5.69 Å². The third kappa shape index (κ3) is 3.46. The summed E-state index contributed by atoms with van der Waals surface area (Å²) in [5.41, 5.74) is 2.41. The fourth-order valence-corrected chi connectivity index (χ4v) is 4.36. The molecule has 3 aromatic rings. The van der Waals surface area contributed by atoms with Crippen molar-refractivity contribution in [2.45, 2.75) is 38.1 Å². The van der Waals surface area contributed by atoms with E-state index in [1.807, 2.05) is 0 Å². The molecule has 29 heavy (non-hydrogen) atoms. The van der Waals surface area contributed by atoms with Crippen molar-refractivity contribution in [2.75, 3.05) is 0 Å². The van der Waals surface area contributed by atoms with E-state index in [2.05, 4.69) is 0 Å². The average Bonchev–Trinajstić information content (AvgIpc) is 2.96. The molecule has 1 aliphatic carbocycles. The van der Waals surface area contributed by atoms with Crippen molar-refractivity contribution in [1.29, 1.82) is 0 Å². The second-order valence-corrected chi connectivity index (χ2v) is 7.34. The molecule has 4 rings (SSSR count). The Kier molecular flexibility index (Phi) is 4.77. The van der Waals surface area contributed by atoms with Crippen molar-refractivity contribution >= 4 is 22.6 Å². The van der Waals surface area contributed by atoms with Gasteiger partial charge in [-0.15, -0.1) is 0 Å². The molecule has 1 atom stereocenters. The number of nitro benzene ring substituents is 1. The van der Waals surface area contributed by atoms with E-state index in [-0.39, 0.29) is 30.1 Å². The van der Waals surface area contributed by atoms with Crippen molar-refractivity contribution in [2.24, 2.45) is 0 Å². The van der Waals surface area contributed by atoms with Gasteiger partial charge < -0.3 is 9.67 Å². The van der Waals surface area contributed by atoms with Crippen LogP contribution >= 0.6 is 0 Å². The van der Waals surface area contributed by atoms with Gasteiger partial charge in [-0.3, -0.25) is 14.9 Å². The Morgan fingerprint density at radius 1 is 1.24 bits per heavy atom. The summed E-state index contributed by atoms with van der Waals surface area (Å²) in [5.74, 6) is -2.62. The second-order valence-electron chi connectivity index (χ2n) is 7.34. The van der Waals surface area contributed by atoms with Gasteiger partial charge in [-0.2, -0.15) is 0 Å². The number of fused-ring (bicyclic) bond motifs is 3. The van der Waals surface area contributed by atoms with Crippen LogP contribution in [0.1, 0.15) is 42.0 Å². The van der Waals surface area contributed by atoms with Crippen LogP contribution in [0.25, 0.3) is 10.9 Å². The van der Waals surface area contributed by atoms with E-state index < -0.39 is 22.5 Å². The number of rotatable bonds is 5. The molecule has 1 N–H and O–H groups in total. The summed E-state index contributed by atoms with van der Waals surface area (Å²) in [5, 5.41) is 20.7. The molecule has 1 heterocycles. The SMILES string of the molecule is O=C(O)CC1CCCc2c1n(Cc1ccc([N+](=O)[O-])cc1)c1c(F)cc(F)cc21. The van der Waals surface area contributed by atoms with Crippen LogP contribution in [0, 0.1) is 21.7 Å². The van der Waals surface area contributed by atoms with Crippen LogP contribution in [0.15, 0.2) is 36.4 Å². The molecule has 1 aliphatic rings. The molecular weight excluding hydrogens is 382 g/mol. The van der Waals surface area contributed by atoms with Gasteiger partial charge in [-0.25, -0.2) is 8.78 Å². The van der Waals surface area contributed by atoms with E-state index in [1.165, 1.54) is 18.2 Å².